The number of aliphatic hydroxyl groups is 6. The molecule has 1 unspecified atom stereocenters. The van der Waals surface area contributed by atoms with Gasteiger partial charge in [-0.15, -0.1) is 0 Å². The Labute approximate surface area is 217 Å². The van der Waals surface area contributed by atoms with Gasteiger partial charge in [0, 0.05) is 11.0 Å². The van der Waals surface area contributed by atoms with Crippen molar-refractivity contribution in [1.29, 1.82) is 0 Å². The Morgan fingerprint density at radius 1 is 0.889 bits per heavy atom. The molecule has 2 aromatic rings. The molecule has 0 spiro atoms. The van der Waals surface area contributed by atoms with Crippen LogP contribution in [0.4, 0.5) is 0 Å². The fourth-order valence-corrected chi connectivity index (χ4v) is 7.28. The minimum absolute atomic E-state index is 0.146. The zero-order valence-corrected chi connectivity index (χ0v) is 22.2. The summed E-state index contributed by atoms with van der Waals surface area (Å²) in [5.41, 5.74) is 4.84. The van der Waals surface area contributed by atoms with Crippen LogP contribution in [0.1, 0.15) is 45.9 Å². The van der Waals surface area contributed by atoms with Crippen LogP contribution in [0.3, 0.4) is 0 Å². The first-order chi connectivity index (χ1) is 17.2. The Hall–Kier alpha value is -1.49. The van der Waals surface area contributed by atoms with Crippen LogP contribution in [0, 0.1) is 6.92 Å². The Kier molecular flexibility index (Phi) is 10.8. The molecule has 0 saturated carbocycles. The van der Waals surface area contributed by atoms with Crippen LogP contribution in [-0.4, -0.2) is 92.9 Å². The number of unbranched alkanes of at least 4 members (excludes halogenated alkanes) is 1. The number of thiol groups is 1. The predicted octanol–water partition coefficient (Wildman–Crippen LogP) is 0.982. The summed E-state index contributed by atoms with van der Waals surface area (Å²) in [4.78, 5) is 0. The summed E-state index contributed by atoms with van der Waals surface area (Å²) >= 11 is 0. The first-order valence-corrected chi connectivity index (χ1v) is 14.8. The van der Waals surface area contributed by atoms with E-state index >= 15 is 0 Å². The van der Waals surface area contributed by atoms with Crippen molar-refractivity contribution in [3.8, 4) is 0 Å². The highest BCUT2D eigenvalue weighted by Crippen LogP contribution is 2.48. The van der Waals surface area contributed by atoms with Crippen LogP contribution < -0.4 is 5.32 Å². The van der Waals surface area contributed by atoms with E-state index in [2.05, 4.69) is 54.9 Å². The average Bonchev–Trinajstić information content (AvgIpc) is 2.88. The number of nitrogens with one attached hydrogen (secondary N) is 1. The molecule has 1 saturated heterocycles. The summed E-state index contributed by atoms with van der Waals surface area (Å²) in [6.45, 7) is 1.77. The molecule has 0 aromatic heterocycles. The molecule has 202 valence electrons. The number of hydrogen-bond donors (Lipinski definition) is 8. The second-order valence-electron chi connectivity index (χ2n) is 10.3. The SMILES string of the molecule is Cc1ccc([C@H]2[C@H](O)[C@H](O)[C@H](O)C[SH]2C)cc1Cc1ccc(CCCCNC(CO)(CO)CO)cc1. The molecule has 0 bridgehead atoms. The molecule has 2 aromatic carbocycles. The van der Waals surface area contributed by atoms with Crippen LogP contribution >= 0.6 is 10.9 Å². The van der Waals surface area contributed by atoms with Crippen molar-refractivity contribution >= 4 is 10.9 Å². The topological polar surface area (TPSA) is 133 Å². The van der Waals surface area contributed by atoms with E-state index in [4.69, 9.17) is 0 Å². The molecule has 7 N–H and O–H groups in total. The highest BCUT2D eigenvalue weighted by atomic mass is 32.2. The minimum atomic E-state index is -1.11. The van der Waals surface area contributed by atoms with Crippen molar-refractivity contribution in [2.24, 2.45) is 0 Å². The molecule has 1 aliphatic heterocycles. The van der Waals surface area contributed by atoms with Gasteiger partial charge in [-0.3, -0.25) is 0 Å². The quantitative estimate of drug-likeness (QED) is 0.154. The molecular formula is C28H43NO6S. The molecule has 0 radical (unpaired) electrons. The van der Waals surface area contributed by atoms with E-state index in [-0.39, 0.29) is 25.1 Å². The number of benzene rings is 2. The smallest absolute Gasteiger partial charge is 0.108 e. The summed E-state index contributed by atoms with van der Waals surface area (Å²) in [7, 11) is -0.643. The van der Waals surface area contributed by atoms with Gasteiger partial charge in [0.05, 0.1) is 37.6 Å². The number of hydrogen-bond acceptors (Lipinski definition) is 7. The maximum absolute atomic E-state index is 10.7. The van der Waals surface area contributed by atoms with E-state index in [0.717, 1.165) is 31.2 Å². The number of aryl methyl sites for hydroxylation is 2. The number of aliphatic hydroxyl groups excluding tert-OH is 6. The first-order valence-electron chi connectivity index (χ1n) is 12.7. The van der Waals surface area contributed by atoms with Crippen molar-refractivity contribution in [1.82, 2.24) is 5.32 Å². The monoisotopic (exact) mass is 521 g/mol. The molecule has 1 heterocycles. The van der Waals surface area contributed by atoms with Gasteiger partial charge >= 0.3 is 0 Å². The summed E-state index contributed by atoms with van der Waals surface area (Å²) in [6.07, 6.45) is 2.69. The van der Waals surface area contributed by atoms with Gasteiger partial charge < -0.3 is 36.0 Å². The molecular weight excluding hydrogens is 478 g/mol. The fraction of sp³-hybridized carbons (Fsp3) is 0.571. The van der Waals surface area contributed by atoms with Gasteiger partial charge in [-0.2, -0.15) is 0 Å². The normalized spacial score (nSPS) is 25.7. The molecule has 8 heteroatoms. The van der Waals surface area contributed by atoms with Crippen LogP contribution in [0.25, 0.3) is 0 Å². The van der Waals surface area contributed by atoms with Crippen molar-refractivity contribution in [2.45, 2.75) is 61.7 Å². The second-order valence-corrected chi connectivity index (χ2v) is 12.7. The van der Waals surface area contributed by atoms with Crippen LogP contribution in [0.5, 0.6) is 0 Å². The first kappa shape index (κ1) is 29.1. The second kappa shape index (κ2) is 13.3. The largest absolute Gasteiger partial charge is 0.394 e. The fourth-order valence-electron chi connectivity index (χ4n) is 4.88. The van der Waals surface area contributed by atoms with Gasteiger partial charge in [-0.05, 0) is 73.2 Å². The minimum Gasteiger partial charge on any atom is -0.394 e. The van der Waals surface area contributed by atoms with Gasteiger partial charge in [-0.1, -0.05) is 42.5 Å². The van der Waals surface area contributed by atoms with Crippen LogP contribution in [0.2, 0.25) is 0 Å². The van der Waals surface area contributed by atoms with E-state index in [1.165, 1.54) is 22.3 Å². The van der Waals surface area contributed by atoms with Crippen LogP contribution in [-0.2, 0) is 12.8 Å². The predicted molar refractivity (Wildman–Crippen MR) is 146 cm³/mol. The lowest BCUT2D eigenvalue weighted by Gasteiger charge is -2.42. The average molecular weight is 522 g/mol. The zero-order chi connectivity index (χ0) is 26.3. The lowest BCUT2D eigenvalue weighted by Crippen LogP contribution is -2.55. The highest BCUT2D eigenvalue weighted by Gasteiger charge is 2.40. The molecule has 36 heavy (non-hydrogen) atoms. The molecule has 0 amide bonds. The van der Waals surface area contributed by atoms with Gasteiger partial charge in [0.15, 0.2) is 0 Å². The Balaban J connectivity index is 1.57. The van der Waals surface area contributed by atoms with E-state index in [1.807, 2.05) is 6.07 Å². The Bertz CT molecular complexity index is 943. The summed E-state index contributed by atoms with van der Waals surface area (Å²) in [5.74, 6) is 0.532. The Morgan fingerprint density at radius 2 is 1.53 bits per heavy atom. The number of rotatable bonds is 12. The summed E-state index contributed by atoms with van der Waals surface area (Å²) in [5, 5.41) is 61.9. The van der Waals surface area contributed by atoms with Crippen molar-refractivity contribution in [3.63, 3.8) is 0 Å². The van der Waals surface area contributed by atoms with E-state index in [1.54, 1.807) is 0 Å². The molecule has 0 aliphatic carbocycles. The summed E-state index contributed by atoms with van der Waals surface area (Å²) < 4.78 is 0. The van der Waals surface area contributed by atoms with E-state index in [0.29, 0.717) is 12.3 Å². The third-order valence-corrected chi connectivity index (χ3v) is 9.95. The Morgan fingerprint density at radius 3 is 2.17 bits per heavy atom. The third kappa shape index (κ3) is 7.08. The standard InChI is InChI=1S/C28H43NO6S/c1-19-6-11-22(27-26(35)25(34)24(33)15-36(27)2)14-23(19)13-21-9-7-20(8-10-21)5-3-4-12-29-28(16-30,17-31)18-32/h6-11,14,24-27,29-36H,3-5,12-13,15-18H2,1-2H3/t24-,25-,26-,27+/m1/s1. The van der Waals surface area contributed by atoms with Gasteiger partial charge in [0.1, 0.15) is 6.10 Å². The maximum atomic E-state index is 10.7. The lowest BCUT2D eigenvalue weighted by atomic mass is 9.93. The zero-order valence-electron chi connectivity index (χ0n) is 21.3. The summed E-state index contributed by atoms with van der Waals surface area (Å²) in [6, 6.07) is 14.9. The van der Waals surface area contributed by atoms with Gasteiger partial charge in [0.25, 0.3) is 0 Å². The van der Waals surface area contributed by atoms with Gasteiger partial charge in [-0.25, -0.2) is 10.9 Å². The molecule has 1 fully saturated rings. The molecule has 1 aliphatic rings. The molecule has 5 atom stereocenters. The van der Waals surface area contributed by atoms with Crippen molar-refractivity contribution in [2.75, 3.05) is 38.4 Å². The molecule has 3 rings (SSSR count). The van der Waals surface area contributed by atoms with Crippen molar-refractivity contribution < 1.29 is 30.6 Å². The molecule has 7 nitrogen and oxygen atoms in total. The lowest BCUT2D eigenvalue weighted by molar-refractivity contribution is -0.0561. The van der Waals surface area contributed by atoms with Crippen molar-refractivity contribution in [3.05, 3.63) is 70.3 Å². The highest BCUT2D eigenvalue weighted by molar-refractivity contribution is 8.16. The third-order valence-electron chi connectivity index (χ3n) is 7.45. The maximum Gasteiger partial charge on any atom is 0.108 e. The van der Waals surface area contributed by atoms with Gasteiger partial charge in [0.2, 0.25) is 0 Å². The van der Waals surface area contributed by atoms with E-state index < -0.39 is 34.7 Å². The van der Waals surface area contributed by atoms with E-state index in [9.17, 15) is 30.6 Å². The van der Waals surface area contributed by atoms with Crippen LogP contribution in [0.15, 0.2) is 42.5 Å².